The van der Waals surface area contributed by atoms with Gasteiger partial charge in [0.25, 0.3) is 5.56 Å². The minimum Gasteiger partial charge on any atom is -0.342 e. The molecule has 1 aliphatic rings. The molecule has 0 N–H and O–H groups in total. The molecule has 0 atom stereocenters. The molecule has 3 heterocycles. The van der Waals surface area contributed by atoms with Gasteiger partial charge < -0.3 is 4.90 Å². The smallest absolute Gasteiger partial charge is 0.332 e. The monoisotopic (exact) mass is 461 g/mol. The topological polar surface area (TPSA) is 65.1 Å². The molecule has 1 saturated heterocycles. The van der Waals surface area contributed by atoms with Crippen LogP contribution >= 0.6 is 11.6 Å². The van der Waals surface area contributed by atoms with Gasteiger partial charge in [0.15, 0.2) is 11.2 Å². The van der Waals surface area contributed by atoms with E-state index in [2.05, 4.69) is 4.90 Å². The molecule has 0 aliphatic carbocycles. The van der Waals surface area contributed by atoms with E-state index in [-0.39, 0.29) is 18.3 Å². The zero-order chi connectivity index (χ0) is 23.0. The lowest BCUT2D eigenvalue weighted by Gasteiger charge is -2.28. The summed E-state index contributed by atoms with van der Waals surface area (Å²) in [6.07, 6.45) is 3.81. The molecule has 9 heteroatoms. The second-order valence-corrected chi connectivity index (χ2v) is 9.03. The molecule has 0 bridgehead atoms. The highest BCUT2D eigenvalue weighted by molar-refractivity contribution is 6.31. The first-order valence-electron chi connectivity index (χ1n) is 11.3. The number of benzene rings is 1. The summed E-state index contributed by atoms with van der Waals surface area (Å²) in [7, 11) is 0. The first kappa shape index (κ1) is 22.6. The average Bonchev–Trinajstić information content (AvgIpc) is 3.13. The number of imidazole rings is 1. The van der Waals surface area contributed by atoms with E-state index in [1.165, 1.54) is 10.6 Å². The predicted molar refractivity (Wildman–Crippen MR) is 126 cm³/mol. The number of nitrogens with zero attached hydrogens (tertiary/aromatic N) is 5. The largest absolute Gasteiger partial charge is 0.342 e. The molecule has 7 nitrogen and oxygen atoms in total. The third-order valence-electron chi connectivity index (χ3n) is 6.02. The Labute approximate surface area is 191 Å². The van der Waals surface area contributed by atoms with Crippen LogP contribution in [-0.4, -0.2) is 31.8 Å². The highest BCUT2D eigenvalue weighted by Gasteiger charge is 2.27. The normalized spacial score (nSPS) is 14.6. The Balaban J connectivity index is 2.06. The van der Waals surface area contributed by atoms with Crippen molar-refractivity contribution in [3.8, 4) is 0 Å². The fourth-order valence-electron chi connectivity index (χ4n) is 4.46. The Morgan fingerprint density at radius 3 is 2.47 bits per heavy atom. The van der Waals surface area contributed by atoms with E-state index < -0.39 is 11.4 Å². The van der Waals surface area contributed by atoms with Crippen LogP contribution in [0.1, 0.15) is 58.1 Å². The van der Waals surface area contributed by atoms with Crippen molar-refractivity contribution in [1.82, 2.24) is 18.7 Å². The summed E-state index contributed by atoms with van der Waals surface area (Å²) in [5, 5.41) is 0.294. The lowest BCUT2D eigenvalue weighted by molar-refractivity contribution is 0.518. The molecule has 0 amide bonds. The molecule has 32 heavy (non-hydrogen) atoms. The van der Waals surface area contributed by atoms with Gasteiger partial charge in [0.05, 0.1) is 6.54 Å². The molecular formula is C23H29ClFN5O2. The summed E-state index contributed by atoms with van der Waals surface area (Å²) in [5.74, 6) is 0.147. The molecule has 0 unspecified atom stereocenters. The van der Waals surface area contributed by atoms with E-state index in [4.69, 9.17) is 16.6 Å². The van der Waals surface area contributed by atoms with E-state index in [1.54, 1.807) is 21.3 Å². The van der Waals surface area contributed by atoms with Crippen molar-refractivity contribution >= 4 is 28.7 Å². The van der Waals surface area contributed by atoms with Gasteiger partial charge in [0.2, 0.25) is 5.95 Å². The minimum atomic E-state index is -0.435. The molecule has 0 spiro atoms. The van der Waals surface area contributed by atoms with Crippen LogP contribution in [0.4, 0.5) is 10.3 Å². The van der Waals surface area contributed by atoms with Crippen molar-refractivity contribution in [2.45, 2.75) is 65.6 Å². The number of hydrogen-bond donors (Lipinski definition) is 0. The molecule has 0 saturated carbocycles. The first-order chi connectivity index (χ1) is 15.3. The summed E-state index contributed by atoms with van der Waals surface area (Å²) in [4.78, 5) is 33.6. The van der Waals surface area contributed by atoms with Crippen molar-refractivity contribution in [2.75, 3.05) is 18.0 Å². The second-order valence-electron chi connectivity index (χ2n) is 8.62. The Bertz CT molecular complexity index is 1230. The zero-order valence-corrected chi connectivity index (χ0v) is 19.5. The maximum Gasteiger partial charge on any atom is 0.332 e. The molecule has 0 radical (unpaired) electrons. The molecule has 3 aromatic rings. The van der Waals surface area contributed by atoms with Gasteiger partial charge in [-0.3, -0.25) is 18.5 Å². The molecule has 1 fully saturated rings. The molecule has 1 aliphatic heterocycles. The maximum absolute atomic E-state index is 14.7. The molecular weight excluding hydrogens is 433 g/mol. The summed E-state index contributed by atoms with van der Waals surface area (Å²) in [5.41, 5.74) is 0.197. The summed E-state index contributed by atoms with van der Waals surface area (Å²) in [6, 6.07) is 4.37. The number of aromatic nitrogens is 4. The molecule has 2 aromatic heterocycles. The fraction of sp³-hybridized carbons (Fsp3) is 0.522. The number of hydrogen-bond acceptors (Lipinski definition) is 4. The highest BCUT2D eigenvalue weighted by Crippen LogP contribution is 2.28. The number of anilines is 1. The first-order valence-corrected chi connectivity index (χ1v) is 11.7. The second kappa shape index (κ2) is 9.10. The zero-order valence-electron chi connectivity index (χ0n) is 18.8. The van der Waals surface area contributed by atoms with Crippen LogP contribution in [0.3, 0.4) is 0 Å². The van der Waals surface area contributed by atoms with Crippen LogP contribution < -0.4 is 16.1 Å². The lowest BCUT2D eigenvalue weighted by Crippen LogP contribution is -2.41. The van der Waals surface area contributed by atoms with Crippen molar-refractivity contribution < 1.29 is 4.39 Å². The standard InChI is InChI=1S/C23H29ClFN5O2/c1-4-11-28-21(31)19-20(30(15(2)3)23(28)32)26-22(27-12-6-5-7-13-27)29(19)14-16-17(24)9-8-10-18(16)25/h8-10,15H,4-7,11-14H2,1-3H3. The van der Waals surface area contributed by atoms with Crippen LogP contribution in [0.25, 0.3) is 11.2 Å². The van der Waals surface area contributed by atoms with Gasteiger partial charge in [-0.05, 0) is 51.7 Å². The molecule has 1 aromatic carbocycles. The third kappa shape index (κ3) is 3.85. The number of rotatable bonds is 6. The SMILES string of the molecule is CCCn1c(=O)c2c(nc(N3CCCCC3)n2Cc2c(F)cccc2Cl)n(C(C)C)c1=O. The van der Waals surface area contributed by atoms with E-state index >= 15 is 0 Å². The van der Waals surface area contributed by atoms with Crippen LogP contribution in [0.15, 0.2) is 27.8 Å². The van der Waals surface area contributed by atoms with Crippen LogP contribution in [0.5, 0.6) is 0 Å². The number of piperidine rings is 1. The number of halogens is 2. The van der Waals surface area contributed by atoms with Gasteiger partial charge in [-0.1, -0.05) is 24.6 Å². The third-order valence-corrected chi connectivity index (χ3v) is 6.38. The summed E-state index contributed by atoms with van der Waals surface area (Å²) in [6.45, 7) is 7.68. The average molecular weight is 462 g/mol. The minimum absolute atomic E-state index is 0.0610. The lowest BCUT2D eigenvalue weighted by atomic mass is 10.1. The van der Waals surface area contributed by atoms with Crippen molar-refractivity contribution in [3.63, 3.8) is 0 Å². The Hall–Kier alpha value is -2.61. The van der Waals surface area contributed by atoms with Gasteiger partial charge in [0.1, 0.15) is 5.82 Å². The maximum atomic E-state index is 14.7. The summed E-state index contributed by atoms with van der Waals surface area (Å²) < 4.78 is 19.3. The van der Waals surface area contributed by atoms with E-state index in [0.29, 0.717) is 40.7 Å². The Morgan fingerprint density at radius 2 is 1.84 bits per heavy atom. The van der Waals surface area contributed by atoms with Gasteiger partial charge in [-0.2, -0.15) is 4.98 Å². The van der Waals surface area contributed by atoms with Crippen molar-refractivity contribution in [1.29, 1.82) is 0 Å². The van der Waals surface area contributed by atoms with Gasteiger partial charge >= 0.3 is 5.69 Å². The van der Waals surface area contributed by atoms with Crippen molar-refractivity contribution in [2.24, 2.45) is 0 Å². The quantitative estimate of drug-likeness (QED) is 0.552. The van der Waals surface area contributed by atoms with Gasteiger partial charge in [-0.15, -0.1) is 0 Å². The molecule has 4 rings (SSSR count). The fourth-order valence-corrected chi connectivity index (χ4v) is 4.68. The van der Waals surface area contributed by atoms with Gasteiger partial charge in [-0.25, -0.2) is 9.18 Å². The van der Waals surface area contributed by atoms with E-state index in [9.17, 15) is 14.0 Å². The predicted octanol–water partition coefficient (Wildman–Crippen LogP) is 4.18. The van der Waals surface area contributed by atoms with Crippen molar-refractivity contribution in [3.05, 3.63) is 55.4 Å². The Kier molecular flexibility index (Phi) is 6.42. The van der Waals surface area contributed by atoms with Gasteiger partial charge in [0, 0.05) is 36.3 Å². The van der Waals surface area contributed by atoms with Crippen LogP contribution in [-0.2, 0) is 13.1 Å². The van der Waals surface area contributed by atoms with E-state index in [1.807, 2.05) is 20.8 Å². The highest BCUT2D eigenvalue weighted by atomic mass is 35.5. The Morgan fingerprint density at radius 1 is 1.12 bits per heavy atom. The van der Waals surface area contributed by atoms with Crippen LogP contribution in [0.2, 0.25) is 5.02 Å². The molecule has 172 valence electrons. The van der Waals surface area contributed by atoms with Crippen LogP contribution in [0, 0.1) is 5.82 Å². The number of fused-ring (bicyclic) bond motifs is 1. The van der Waals surface area contributed by atoms with E-state index in [0.717, 1.165) is 32.4 Å². The summed E-state index contributed by atoms with van der Waals surface area (Å²) >= 11 is 6.34.